The fourth-order valence-corrected chi connectivity index (χ4v) is 2.36. The fraction of sp³-hybridized carbons (Fsp3) is 0.200. The first-order valence-electron chi connectivity index (χ1n) is 6.32. The molecule has 1 amide bonds. The molecule has 2 aromatic rings. The number of amides is 1. The topological polar surface area (TPSA) is 51.2 Å². The average Bonchev–Trinajstić information content (AvgIpc) is 2.44. The standard InChI is InChI=1S/C15H13Cl2FN2O2/c1-7-13(17)12(20-8(2)21)6-11(19-7)9-4-5-10(16)15(22-3)14(9)18/h4-6H,1-3H3,(H,19,20,21). The fourth-order valence-electron chi connectivity index (χ4n) is 1.99. The molecular formula is C15H13Cl2FN2O2. The van der Waals surface area contributed by atoms with Crippen LogP contribution in [-0.4, -0.2) is 18.0 Å². The molecule has 1 aromatic carbocycles. The largest absolute Gasteiger partial charge is 0.492 e. The molecule has 116 valence electrons. The molecule has 0 spiro atoms. The number of anilines is 1. The van der Waals surface area contributed by atoms with Gasteiger partial charge in [0.15, 0.2) is 11.6 Å². The van der Waals surface area contributed by atoms with Crippen LogP contribution in [0.15, 0.2) is 18.2 Å². The third-order valence-corrected chi connectivity index (χ3v) is 3.74. The van der Waals surface area contributed by atoms with E-state index in [-0.39, 0.29) is 22.2 Å². The van der Waals surface area contributed by atoms with Gasteiger partial charge in [-0.3, -0.25) is 9.78 Å². The Morgan fingerprint density at radius 1 is 1.36 bits per heavy atom. The van der Waals surface area contributed by atoms with Crippen LogP contribution in [0.5, 0.6) is 5.75 Å². The van der Waals surface area contributed by atoms with Gasteiger partial charge in [-0.15, -0.1) is 0 Å². The smallest absolute Gasteiger partial charge is 0.221 e. The molecule has 0 saturated carbocycles. The molecule has 1 N–H and O–H groups in total. The minimum atomic E-state index is -0.627. The van der Waals surface area contributed by atoms with Crippen molar-refractivity contribution in [1.82, 2.24) is 4.98 Å². The Kier molecular flexibility index (Phi) is 4.88. The number of pyridine rings is 1. The third-order valence-electron chi connectivity index (χ3n) is 2.96. The highest BCUT2D eigenvalue weighted by Gasteiger charge is 2.18. The number of hydrogen-bond acceptors (Lipinski definition) is 3. The summed E-state index contributed by atoms with van der Waals surface area (Å²) in [5.41, 5.74) is 1.35. The third kappa shape index (κ3) is 3.15. The maximum atomic E-state index is 14.5. The first kappa shape index (κ1) is 16.5. The number of carbonyl (C=O) groups is 1. The first-order valence-corrected chi connectivity index (χ1v) is 7.07. The summed E-state index contributed by atoms with van der Waals surface area (Å²) in [5, 5.41) is 3.06. The Labute approximate surface area is 137 Å². The highest BCUT2D eigenvalue weighted by Crippen LogP contribution is 2.36. The molecule has 1 aromatic heterocycles. The quantitative estimate of drug-likeness (QED) is 0.895. The minimum Gasteiger partial charge on any atom is -0.492 e. The maximum Gasteiger partial charge on any atom is 0.221 e. The van der Waals surface area contributed by atoms with E-state index in [9.17, 15) is 9.18 Å². The van der Waals surface area contributed by atoms with Crippen molar-refractivity contribution in [2.24, 2.45) is 0 Å². The highest BCUT2D eigenvalue weighted by molar-refractivity contribution is 6.34. The van der Waals surface area contributed by atoms with Crippen LogP contribution in [0.3, 0.4) is 0 Å². The van der Waals surface area contributed by atoms with Gasteiger partial charge in [0.05, 0.1) is 34.2 Å². The molecule has 0 aliphatic rings. The molecular weight excluding hydrogens is 330 g/mol. The second-order valence-electron chi connectivity index (χ2n) is 4.58. The van der Waals surface area contributed by atoms with Crippen molar-refractivity contribution in [3.05, 3.63) is 39.8 Å². The lowest BCUT2D eigenvalue weighted by molar-refractivity contribution is -0.114. The molecule has 0 aliphatic carbocycles. The molecule has 22 heavy (non-hydrogen) atoms. The van der Waals surface area contributed by atoms with Crippen molar-refractivity contribution in [3.8, 4) is 17.0 Å². The van der Waals surface area contributed by atoms with Gasteiger partial charge in [-0.05, 0) is 25.1 Å². The van der Waals surface area contributed by atoms with Gasteiger partial charge >= 0.3 is 0 Å². The van der Waals surface area contributed by atoms with Crippen molar-refractivity contribution in [2.45, 2.75) is 13.8 Å². The number of aryl methyl sites for hydroxylation is 1. The van der Waals surface area contributed by atoms with Crippen molar-refractivity contribution < 1.29 is 13.9 Å². The average molecular weight is 343 g/mol. The van der Waals surface area contributed by atoms with E-state index < -0.39 is 5.82 Å². The summed E-state index contributed by atoms with van der Waals surface area (Å²) in [6.45, 7) is 3.03. The van der Waals surface area contributed by atoms with Crippen LogP contribution in [-0.2, 0) is 4.79 Å². The Bertz CT molecular complexity index is 751. The molecule has 0 bridgehead atoms. The summed E-state index contributed by atoms with van der Waals surface area (Å²) in [5.74, 6) is -0.972. The van der Waals surface area contributed by atoms with E-state index in [1.807, 2.05) is 0 Å². The normalized spacial score (nSPS) is 10.5. The molecule has 2 rings (SSSR count). The Morgan fingerprint density at radius 2 is 2.05 bits per heavy atom. The zero-order valence-electron chi connectivity index (χ0n) is 12.1. The highest BCUT2D eigenvalue weighted by atomic mass is 35.5. The summed E-state index contributed by atoms with van der Waals surface area (Å²) in [7, 11) is 1.33. The van der Waals surface area contributed by atoms with Crippen LogP contribution < -0.4 is 10.1 Å². The zero-order valence-corrected chi connectivity index (χ0v) is 13.6. The maximum absolute atomic E-state index is 14.5. The van der Waals surface area contributed by atoms with Crippen LogP contribution in [0.2, 0.25) is 10.0 Å². The summed E-state index contributed by atoms with van der Waals surface area (Å²) in [6.07, 6.45) is 0. The predicted molar refractivity (Wildman–Crippen MR) is 85.2 cm³/mol. The van der Waals surface area contributed by atoms with E-state index in [0.29, 0.717) is 22.1 Å². The SMILES string of the molecule is COc1c(Cl)ccc(-c2cc(NC(C)=O)c(Cl)c(C)n2)c1F. The lowest BCUT2D eigenvalue weighted by Crippen LogP contribution is -2.08. The van der Waals surface area contributed by atoms with Gasteiger partial charge in [0, 0.05) is 12.5 Å². The molecule has 0 saturated heterocycles. The Morgan fingerprint density at radius 3 is 2.64 bits per heavy atom. The number of nitrogens with zero attached hydrogens (tertiary/aromatic N) is 1. The Balaban J connectivity index is 2.63. The summed E-state index contributed by atoms with van der Waals surface area (Å²) in [4.78, 5) is 15.5. The summed E-state index contributed by atoms with van der Waals surface area (Å²) >= 11 is 12.0. The number of ether oxygens (including phenoxy) is 1. The second kappa shape index (κ2) is 6.50. The van der Waals surface area contributed by atoms with Gasteiger partial charge in [0.2, 0.25) is 5.91 Å². The van der Waals surface area contributed by atoms with Crippen molar-refractivity contribution >= 4 is 34.8 Å². The van der Waals surface area contributed by atoms with Crippen LogP contribution >= 0.6 is 23.2 Å². The molecule has 7 heteroatoms. The molecule has 0 aliphatic heterocycles. The zero-order chi connectivity index (χ0) is 16.4. The van der Waals surface area contributed by atoms with Crippen molar-refractivity contribution in [3.63, 3.8) is 0 Å². The number of carbonyl (C=O) groups excluding carboxylic acids is 1. The van der Waals surface area contributed by atoms with Crippen molar-refractivity contribution in [1.29, 1.82) is 0 Å². The van der Waals surface area contributed by atoms with Gasteiger partial charge in [-0.1, -0.05) is 23.2 Å². The Hall–Kier alpha value is -1.85. The van der Waals surface area contributed by atoms with Crippen LogP contribution in [0.1, 0.15) is 12.6 Å². The number of hydrogen-bond donors (Lipinski definition) is 1. The van der Waals surface area contributed by atoms with Gasteiger partial charge in [0.1, 0.15) is 0 Å². The summed E-state index contributed by atoms with van der Waals surface area (Å²) in [6, 6.07) is 4.51. The second-order valence-corrected chi connectivity index (χ2v) is 5.36. The number of benzene rings is 1. The lowest BCUT2D eigenvalue weighted by Gasteiger charge is -2.13. The molecule has 0 unspecified atom stereocenters. The monoisotopic (exact) mass is 342 g/mol. The number of halogens is 3. The van der Waals surface area contributed by atoms with Crippen molar-refractivity contribution in [2.75, 3.05) is 12.4 Å². The van der Waals surface area contributed by atoms with Crippen LogP contribution in [0.25, 0.3) is 11.3 Å². The van der Waals surface area contributed by atoms with Gasteiger partial charge in [-0.2, -0.15) is 0 Å². The van der Waals surface area contributed by atoms with E-state index in [1.165, 1.54) is 32.2 Å². The lowest BCUT2D eigenvalue weighted by atomic mass is 10.1. The predicted octanol–water partition coefficient (Wildman–Crippen LogP) is 4.47. The van der Waals surface area contributed by atoms with E-state index in [0.717, 1.165) is 0 Å². The molecule has 4 nitrogen and oxygen atoms in total. The number of aromatic nitrogens is 1. The van der Waals surface area contributed by atoms with Gasteiger partial charge < -0.3 is 10.1 Å². The van der Waals surface area contributed by atoms with Gasteiger partial charge in [-0.25, -0.2) is 4.39 Å². The number of methoxy groups -OCH3 is 1. The number of rotatable bonds is 3. The molecule has 1 heterocycles. The van der Waals surface area contributed by atoms with E-state index >= 15 is 0 Å². The molecule has 0 atom stereocenters. The molecule has 0 radical (unpaired) electrons. The number of nitrogens with one attached hydrogen (secondary N) is 1. The van der Waals surface area contributed by atoms with Gasteiger partial charge in [0.25, 0.3) is 0 Å². The summed E-state index contributed by atoms with van der Waals surface area (Å²) < 4.78 is 19.4. The molecule has 0 fully saturated rings. The van der Waals surface area contributed by atoms with Crippen LogP contribution in [0.4, 0.5) is 10.1 Å². The van der Waals surface area contributed by atoms with E-state index in [1.54, 1.807) is 6.92 Å². The minimum absolute atomic E-state index is 0.0605. The van der Waals surface area contributed by atoms with E-state index in [2.05, 4.69) is 10.3 Å². The van der Waals surface area contributed by atoms with Crippen LogP contribution in [0, 0.1) is 12.7 Å². The van der Waals surface area contributed by atoms with E-state index in [4.69, 9.17) is 27.9 Å². The first-order chi connectivity index (χ1) is 10.3.